The molecule has 1 aromatic carbocycles. The zero-order valence-corrected chi connectivity index (χ0v) is 11.3. The number of nitrogens with zero attached hydrogens (tertiary/aromatic N) is 2. The SMILES string of the molecule is C=C(C)c1cc(C=O)c(=O)n(-c2ccc(F)cc2)c1C#N. The van der Waals surface area contributed by atoms with Gasteiger partial charge in [0.15, 0.2) is 6.29 Å². The molecule has 0 atom stereocenters. The lowest BCUT2D eigenvalue weighted by Crippen LogP contribution is -2.25. The Labute approximate surface area is 120 Å². The Bertz CT molecular complexity index is 827. The first-order chi connectivity index (χ1) is 9.99. The molecule has 104 valence electrons. The normalized spacial score (nSPS) is 9.95. The Hall–Kier alpha value is -3.00. The van der Waals surface area contributed by atoms with E-state index < -0.39 is 11.4 Å². The van der Waals surface area contributed by atoms with E-state index in [1.807, 2.05) is 6.07 Å². The monoisotopic (exact) mass is 282 g/mol. The third-order valence-electron chi connectivity index (χ3n) is 3.01. The number of hydrogen-bond acceptors (Lipinski definition) is 3. The van der Waals surface area contributed by atoms with Crippen molar-refractivity contribution in [3.8, 4) is 11.8 Å². The molecule has 1 heterocycles. The first kappa shape index (κ1) is 14.4. The number of aromatic nitrogens is 1. The molecule has 0 aliphatic heterocycles. The van der Waals surface area contributed by atoms with Gasteiger partial charge in [0.05, 0.1) is 11.3 Å². The van der Waals surface area contributed by atoms with E-state index in [-0.39, 0.29) is 11.3 Å². The van der Waals surface area contributed by atoms with Gasteiger partial charge in [0.25, 0.3) is 5.56 Å². The molecule has 0 spiro atoms. The highest BCUT2D eigenvalue weighted by Crippen LogP contribution is 2.19. The number of hydrogen-bond donors (Lipinski definition) is 0. The fraction of sp³-hybridized carbons (Fsp3) is 0.0625. The highest BCUT2D eigenvalue weighted by Gasteiger charge is 2.16. The van der Waals surface area contributed by atoms with Gasteiger partial charge in [0.1, 0.15) is 17.6 Å². The van der Waals surface area contributed by atoms with E-state index in [0.717, 1.165) is 4.57 Å². The average molecular weight is 282 g/mol. The molecule has 0 N–H and O–H groups in total. The highest BCUT2D eigenvalue weighted by atomic mass is 19.1. The molecule has 0 unspecified atom stereocenters. The van der Waals surface area contributed by atoms with Crippen molar-refractivity contribution < 1.29 is 9.18 Å². The summed E-state index contributed by atoms with van der Waals surface area (Å²) in [6, 6.07) is 8.38. The van der Waals surface area contributed by atoms with Gasteiger partial charge in [-0.2, -0.15) is 5.26 Å². The maximum atomic E-state index is 13.0. The van der Waals surface area contributed by atoms with Crippen molar-refractivity contribution in [3.63, 3.8) is 0 Å². The third-order valence-corrected chi connectivity index (χ3v) is 3.01. The van der Waals surface area contributed by atoms with Gasteiger partial charge in [-0.3, -0.25) is 14.2 Å². The van der Waals surface area contributed by atoms with Crippen LogP contribution < -0.4 is 5.56 Å². The molecule has 0 aliphatic rings. The number of nitriles is 1. The summed E-state index contributed by atoms with van der Waals surface area (Å²) in [6.45, 7) is 5.42. The van der Waals surface area contributed by atoms with Gasteiger partial charge in [0, 0.05) is 5.56 Å². The van der Waals surface area contributed by atoms with Crippen LogP contribution in [-0.4, -0.2) is 10.9 Å². The number of allylic oxidation sites excluding steroid dienone is 1. The van der Waals surface area contributed by atoms with Crippen molar-refractivity contribution in [3.05, 3.63) is 69.9 Å². The fourth-order valence-electron chi connectivity index (χ4n) is 1.99. The molecule has 0 saturated heterocycles. The minimum absolute atomic E-state index is 0.0599. The van der Waals surface area contributed by atoms with Crippen LogP contribution in [0.1, 0.15) is 28.5 Å². The Morgan fingerprint density at radius 3 is 2.48 bits per heavy atom. The van der Waals surface area contributed by atoms with Crippen molar-refractivity contribution in [1.82, 2.24) is 4.57 Å². The standard InChI is InChI=1S/C16H11FN2O2/c1-10(2)14-7-11(9-20)16(21)19(15(14)8-18)13-5-3-12(17)4-6-13/h3-7,9H,1H2,2H3. The van der Waals surface area contributed by atoms with E-state index >= 15 is 0 Å². The number of benzene rings is 1. The largest absolute Gasteiger partial charge is 0.298 e. The lowest BCUT2D eigenvalue weighted by molar-refractivity contribution is 0.112. The van der Waals surface area contributed by atoms with Crippen molar-refractivity contribution in [2.75, 3.05) is 0 Å². The molecule has 0 saturated carbocycles. The van der Waals surface area contributed by atoms with Crippen LogP contribution >= 0.6 is 0 Å². The molecular formula is C16H11FN2O2. The minimum Gasteiger partial charge on any atom is -0.298 e. The average Bonchev–Trinajstić information content (AvgIpc) is 2.47. The summed E-state index contributed by atoms with van der Waals surface area (Å²) < 4.78 is 14.1. The van der Waals surface area contributed by atoms with Crippen LogP contribution in [0.5, 0.6) is 0 Å². The van der Waals surface area contributed by atoms with E-state index in [0.29, 0.717) is 23.1 Å². The van der Waals surface area contributed by atoms with E-state index in [4.69, 9.17) is 0 Å². The maximum absolute atomic E-state index is 13.0. The summed E-state index contributed by atoms with van der Waals surface area (Å²) in [6.07, 6.45) is 0.427. The predicted molar refractivity (Wildman–Crippen MR) is 76.8 cm³/mol. The molecule has 21 heavy (non-hydrogen) atoms. The second-order valence-corrected chi connectivity index (χ2v) is 4.49. The fourth-order valence-corrected chi connectivity index (χ4v) is 1.99. The van der Waals surface area contributed by atoms with Gasteiger partial charge in [-0.25, -0.2) is 4.39 Å². The number of pyridine rings is 1. The molecule has 2 aromatic rings. The number of rotatable bonds is 3. The molecule has 0 amide bonds. The second-order valence-electron chi connectivity index (χ2n) is 4.49. The summed E-state index contributed by atoms with van der Waals surface area (Å²) in [5, 5.41) is 9.34. The number of halogens is 1. The molecule has 2 rings (SSSR count). The molecule has 5 heteroatoms. The van der Waals surface area contributed by atoms with Crippen molar-refractivity contribution >= 4 is 11.9 Å². The lowest BCUT2D eigenvalue weighted by atomic mass is 10.0. The lowest BCUT2D eigenvalue weighted by Gasteiger charge is -2.13. The number of aldehydes is 1. The zero-order valence-electron chi connectivity index (χ0n) is 11.3. The zero-order chi connectivity index (χ0) is 15.6. The van der Waals surface area contributed by atoms with Crippen LogP contribution in [0.2, 0.25) is 0 Å². The Morgan fingerprint density at radius 1 is 1.38 bits per heavy atom. The summed E-state index contributed by atoms with van der Waals surface area (Å²) in [4.78, 5) is 23.4. The van der Waals surface area contributed by atoms with Gasteiger partial charge in [-0.1, -0.05) is 6.58 Å². The molecule has 0 bridgehead atoms. The van der Waals surface area contributed by atoms with Crippen molar-refractivity contribution in [2.45, 2.75) is 6.92 Å². The Morgan fingerprint density at radius 2 is 2.00 bits per heavy atom. The Balaban J connectivity index is 2.92. The summed E-state index contributed by atoms with van der Waals surface area (Å²) in [5.74, 6) is -0.461. The first-order valence-corrected chi connectivity index (χ1v) is 6.06. The first-order valence-electron chi connectivity index (χ1n) is 6.06. The molecular weight excluding hydrogens is 271 g/mol. The number of carbonyl (C=O) groups is 1. The smallest absolute Gasteiger partial charge is 0.266 e. The van der Waals surface area contributed by atoms with Crippen molar-refractivity contribution in [2.24, 2.45) is 0 Å². The van der Waals surface area contributed by atoms with Crippen LogP contribution in [0.25, 0.3) is 11.3 Å². The van der Waals surface area contributed by atoms with Gasteiger partial charge in [0.2, 0.25) is 0 Å². The van der Waals surface area contributed by atoms with Crippen molar-refractivity contribution in [1.29, 1.82) is 5.26 Å². The molecule has 1 aromatic heterocycles. The van der Waals surface area contributed by atoms with Gasteiger partial charge in [-0.15, -0.1) is 0 Å². The van der Waals surface area contributed by atoms with Gasteiger partial charge >= 0.3 is 0 Å². The van der Waals surface area contributed by atoms with E-state index in [1.165, 1.54) is 30.3 Å². The second kappa shape index (κ2) is 5.55. The third kappa shape index (κ3) is 2.51. The van der Waals surface area contributed by atoms with E-state index in [1.54, 1.807) is 6.92 Å². The molecule has 0 fully saturated rings. The van der Waals surface area contributed by atoms with Crippen LogP contribution in [0.15, 0.2) is 41.7 Å². The number of carbonyl (C=O) groups excluding carboxylic acids is 1. The maximum Gasteiger partial charge on any atom is 0.266 e. The summed E-state index contributed by atoms with van der Waals surface area (Å²) >= 11 is 0. The van der Waals surface area contributed by atoms with Gasteiger partial charge in [-0.05, 0) is 42.8 Å². The summed E-state index contributed by atoms with van der Waals surface area (Å²) in [5.41, 5.74) is 0.609. The van der Waals surface area contributed by atoms with Crippen LogP contribution in [0, 0.1) is 17.1 Å². The Kier molecular flexibility index (Phi) is 3.81. The summed E-state index contributed by atoms with van der Waals surface area (Å²) in [7, 11) is 0. The van der Waals surface area contributed by atoms with E-state index in [9.17, 15) is 19.2 Å². The molecule has 0 radical (unpaired) electrons. The van der Waals surface area contributed by atoms with Crippen LogP contribution in [-0.2, 0) is 0 Å². The molecule has 0 aliphatic carbocycles. The van der Waals surface area contributed by atoms with E-state index in [2.05, 4.69) is 6.58 Å². The quantitative estimate of drug-likeness (QED) is 0.813. The topological polar surface area (TPSA) is 62.9 Å². The molecule has 4 nitrogen and oxygen atoms in total. The predicted octanol–water partition coefficient (Wildman–Crippen LogP) is 2.69. The van der Waals surface area contributed by atoms with Crippen LogP contribution in [0.4, 0.5) is 4.39 Å². The minimum atomic E-state index is -0.627. The highest BCUT2D eigenvalue weighted by molar-refractivity contribution is 5.79. The van der Waals surface area contributed by atoms with Crippen LogP contribution in [0.3, 0.4) is 0 Å². The van der Waals surface area contributed by atoms with Gasteiger partial charge < -0.3 is 0 Å².